The fourth-order valence-electron chi connectivity index (χ4n) is 3.43. The van der Waals surface area contributed by atoms with Crippen LogP contribution in [0.25, 0.3) is 0 Å². The van der Waals surface area contributed by atoms with Crippen LogP contribution in [0.5, 0.6) is 0 Å². The SMILES string of the molecule is CCCCCCCCCCCCCCCCCCCCCC[S][Sn]. The van der Waals surface area contributed by atoms with Crippen molar-refractivity contribution >= 4 is 30.1 Å². The molecule has 143 valence electrons. The van der Waals surface area contributed by atoms with E-state index in [9.17, 15) is 0 Å². The second-order valence-corrected chi connectivity index (χ2v) is 10.7. The summed E-state index contributed by atoms with van der Waals surface area (Å²) in [6.45, 7) is 2.30. The molecule has 0 heterocycles. The van der Waals surface area contributed by atoms with Crippen molar-refractivity contribution in [1.82, 2.24) is 0 Å². The first-order chi connectivity index (χ1) is 11.9. The molecule has 2 heteroatoms. The molecule has 0 N–H and O–H groups in total. The standard InChI is InChI=1S/C22H46S.Sn/c1-2-3-4-5-6-7-8-9-10-11-12-13-14-15-16-17-18-19-20-21-22-23;/h23H,2-22H2,1H3;/q;+1/p-1. The van der Waals surface area contributed by atoms with Crippen molar-refractivity contribution in [2.75, 3.05) is 5.75 Å². The number of hydrogen-bond acceptors (Lipinski definition) is 1. The molecule has 24 heavy (non-hydrogen) atoms. The van der Waals surface area contributed by atoms with Crippen molar-refractivity contribution in [1.29, 1.82) is 0 Å². The van der Waals surface area contributed by atoms with Gasteiger partial charge >= 0.3 is 100 Å². The number of hydrogen-bond donors (Lipinski definition) is 0. The van der Waals surface area contributed by atoms with E-state index >= 15 is 0 Å². The molecule has 0 aromatic carbocycles. The van der Waals surface area contributed by atoms with Gasteiger partial charge in [-0.05, 0) is 0 Å². The topological polar surface area (TPSA) is 0 Å². The molecule has 3 radical (unpaired) electrons. The summed E-state index contributed by atoms with van der Waals surface area (Å²) in [5.41, 5.74) is 0. The van der Waals surface area contributed by atoms with Crippen LogP contribution in [0.15, 0.2) is 0 Å². The summed E-state index contributed by atoms with van der Waals surface area (Å²) in [4.78, 5) is 0. The second-order valence-electron chi connectivity index (χ2n) is 7.57. The molecule has 0 aliphatic heterocycles. The van der Waals surface area contributed by atoms with Gasteiger partial charge in [-0.25, -0.2) is 0 Å². The van der Waals surface area contributed by atoms with Gasteiger partial charge in [-0.15, -0.1) is 0 Å². The molecule has 0 aromatic heterocycles. The van der Waals surface area contributed by atoms with Crippen LogP contribution in [0, 0.1) is 0 Å². The average molecular weight is 460 g/mol. The van der Waals surface area contributed by atoms with Crippen molar-refractivity contribution in [2.24, 2.45) is 0 Å². The predicted molar refractivity (Wildman–Crippen MR) is 116 cm³/mol. The average Bonchev–Trinajstić information content (AvgIpc) is 2.60. The Kier molecular flexibility index (Phi) is 25.3. The molecule has 0 rings (SSSR count). The van der Waals surface area contributed by atoms with Crippen LogP contribution in [-0.2, 0) is 0 Å². The van der Waals surface area contributed by atoms with Crippen molar-refractivity contribution in [2.45, 2.75) is 135 Å². The van der Waals surface area contributed by atoms with E-state index in [1.165, 1.54) is 134 Å². The summed E-state index contributed by atoms with van der Waals surface area (Å²) >= 11 is 1.64. The third-order valence-electron chi connectivity index (χ3n) is 5.10. The first kappa shape index (κ1) is 25.1. The van der Waals surface area contributed by atoms with E-state index in [4.69, 9.17) is 0 Å². The molecule has 0 aromatic rings. The summed E-state index contributed by atoms with van der Waals surface area (Å²) in [5.74, 6) is 1.40. The van der Waals surface area contributed by atoms with Gasteiger partial charge in [-0.3, -0.25) is 0 Å². The zero-order chi connectivity index (χ0) is 17.6. The normalized spacial score (nSPS) is 11.2. The van der Waals surface area contributed by atoms with Gasteiger partial charge in [-0.1, -0.05) is 71.1 Å². The van der Waals surface area contributed by atoms with Crippen LogP contribution in [0.1, 0.15) is 135 Å². The van der Waals surface area contributed by atoms with Gasteiger partial charge in [-0.2, -0.15) is 0 Å². The first-order valence-electron chi connectivity index (χ1n) is 11.2. The fraction of sp³-hybridized carbons (Fsp3) is 1.00. The van der Waals surface area contributed by atoms with Crippen molar-refractivity contribution in [3.63, 3.8) is 0 Å². The summed E-state index contributed by atoms with van der Waals surface area (Å²) in [5, 5.41) is 0. The maximum absolute atomic E-state index is 2.30. The fourth-order valence-corrected chi connectivity index (χ4v) is 5.01. The third kappa shape index (κ3) is 23.1. The summed E-state index contributed by atoms with van der Waals surface area (Å²) < 4.78 is 0. The van der Waals surface area contributed by atoms with Gasteiger partial charge in [0.1, 0.15) is 0 Å². The molecular weight excluding hydrogens is 415 g/mol. The molecule has 0 amide bonds. The molecule has 0 saturated heterocycles. The Labute approximate surface area is 170 Å². The predicted octanol–water partition coefficient (Wildman–Crippen LogP) is 8.63. The van der Waals surface area contributed by atoms with E-state index in [1.807, 2.05) is 0 Å². The van der Waals surface area contributed by atoms with Crippen LogP contribution in [0.3, 0.4) is 0 Å². The molecule has 0 fully saturated rings. The molecule has 0 unspecified atom stereocenters. The van der Waals surface area contributed by atoms with Crippen LogP contribution < -0.4 is 0 Å². The van der Waals surface area contributed by atoms with Crippen LogP contribution in [0.4, 0.5) is 0 Å². The van der Waals surface area contributed by atoms with Crippen LogP contribution >= 0.6 is 8.95 Å². The summed E-state index contributed by atoms with van der Waals surface area (Å²) in [6.07, 6.45) is 29.6. The molecule has 0 nitrogen and oxygen atoms in total. The van der Waals surface area contributed by atoms with Gasteiger partial charge in [0.15, 0.2) is 0 Å². The molecular formula is C22H45SSn. The van der Waals surface area contributed by atoms with Gasteiger partial charge in [0, 0.05) is 0 Å². The van der Waals surface area contributed by atoms with E-state index in [0.717, 1.165) is 0 Å². The van der Waals surface area contributed by atoms with Crippen LogP contribution in [0.2, 0.25) is 0 Å². The van der Waals surface area contributed by atoms with Crippen molar-refractivity contribution in [3.05, 3.63) is 0 Å². The van der Waals surface area contributed by atoms with E-state index in [-0.39, 0.29) is 0 Å². The summed E-state index contributed by atoms with van der Waals surface area (Å²) in [7, 11) is 2.08. The second kappa shape index (κ2) is 24.1. The molecule has 0 saturated carbocycles. The monoisotopic (exact) mass is 461 g/mol. The quantitative estimate of drug-likeness (QED) is 0.122. The van der Waals surface area contributed by atoms with Gasteiger partial charge < -0.3 is 0 Å². The summed E-state index contributed by atoms with van der Waals surface area (Å²) in [6, 6.07) is 0. The minimum absolute atomic E-state index is 1.37. The Morgan fingerprint density at radius 2 is 0.667 bits per heavy atom. The van der Waals surface area contributed by atoms with Gasteiger partial charge in [0.05, 0.1) is 0 Å². The van der Waals surface area contributed by atoms with Crippen LogP contribution in [-0.4, -0.2) is 26.9 Å². The molecule has 0 aliphatic rings. The Morgan fingerprint density at radius 1 is 0.417 bits per heavy atom. The Balaban J connectivity index is 2.93. The first-order valence-corrected chi connectivity index (χ1v) is 15.7. The third-order valence-corrected chi connectivity index (χ3v) is 7.34. The Bertz CT molecular complexity index is 186. The molecule has 0 bridgehead atoms. The zero-order valence-electron chi connectivity index (χ0n) is 16.8. The van der Waals surface area contributed by atoms with E-state index in [1.54, 1.807) is 21.1 Å². The molecule has 0 atom stereocenters. The van der Waals surface area contributed by atoms with Crippen molar-refractivity contribution < 1.29 is 0 Å². The zero-order valence-corrected chi connectivity index (χ0v) is 20.4. The number of unbranched alkanes of at least 4 members (excludes halogenated alkanes) is 19. The molecule has 0 spiro atoms. The van der Waals surface area contributed by atoms with Gasteiger partial charge in [0.2, 0.25) is 0 Å². The van der Waals surface area contributed by atoms with E-state index in [0.29, 0.717) is 0 Å². The maximum atomic E-state index is 2.30. The van der Waals surface area contributed by atoms with E-state index < -0.39 is 0 Å². The number of rotatable bonds is 21. The van der Waals surface area contributed by atoms with Gasteiger partial charge in [0.25, 0.3) is 0 Å². The Hall–Kier alpha value is 1.15. The Morgan fingerprint density at radius 3 is 0.917 bits per heavy atom. The minimum atomic E-state index is 1.37. The van der Waals surface area contributed by atoms with E-state index in [2.05, 4.69) is 15.9 Å². The molecule has 0 aliphatic carbocycles. The van der Waals surface area contributed by atoms with Crippen molar-refractivity contribution in [3.8, 4) is 0 Å².